The first-order valence-electron chi connectivity index (χ1n) is 20.1. The van der Waals surface area contributed by atoms with Crippen LogP contribution in [0.25, 0.3) is 0 Å². The van der Waals surface area contributed by atoms with E-state index in [1.165, 1.54) is 18.2 Å². The molecule has 59 heavy (non-hydrogen) atoms. The number of halogens is 3. The van der Waals surface area contributed by atoms with Crippen LogP contribution in [0.4, 0.5) is 24.5 Å². The van der Waals surface area contributed by atoms with E-state index in [2.05, 4.69) is 5.32 Å². The molecule has 2 aromatic carbocycles. The first-order valence-corrected chi connectivity index (χ1v) is 20.1. The molecular weight excluding hydrogens is 787 g/mol. The van der Waals surface area contributed by atoms with Crippen molar-refractivity contribution in [1.82, 2.24) is 0 Å². The molecule has 0 aromatic heterocycles. The molecule has 18 heteroatoms. The van der Waals surface area contributed by atoms with Gasteiger partial charge in [-0.15, -0.1) is 0 Å². The summed E-state index contributed by atoms with van der Waals surface area (Å²) in [6.07, 6.45) is -1.35. The van der Waals surface area contributed by atoms with Gasteiger partial charge in [-0.05, 0) is 49.6 Å². The number of benzene rings is 2. The van der Waals surface area contributed by atoms with Gasteiger partial charge in [0.15, 0.2) is 6.29 Å². The predicted molar refractivity (Wildman–Crippen MR) is 209 cm³/mol. The summed E-state index contributed by atoms with van der Waals surface area (Å²) in [6.45, 7) is 10.0. The molecule has 1 saturated heterocycles. The Bertz CT molecular complexity index is 1320. The van der Waals surface area contributed by atoms with E-state index in [0.29, 0.717) is 138 Å². The van der Waals surface area contributed by atoms with Gasteiger partial charge >= 0.3 is 12.1 Å². The summed E-state index contributed by atoms with van der Waals surface area (Å²) in [5, 5.41) is 2.86. The van der Waals surface area contributed by atoms with E-state index in [0.717, 1.165) is 38.0 Å². The van der Waals surface area contributed by atoms with E-state index in [4.69, 9.17) is 61.6 Å². The molecule has 0 aliphatic carbocycles. The van der Waals surface area contributed by atoms with E-state index >= 15 is 0 Å². The lowest BCUT2D eigenvalue weighted by molar-refractivity contribution is -0.169. The third-order valence-corrected chi connectivity index (χ3v) is 8.09. The number of nitrogens with one attached hydrogen (secondary N) is 1. The van der Waals surface area contributed by atoms with Gasteiger partial charge in [-0.1, -0.05) is 18.2 Å². The topological polar surface area (TPSA) is 149 Å². The van der Waals surface area contributed by atoms with Crippen LogP contribution in [0, 0.1) is 0 Å². The standard InChI is InChI=1S/C41H62F3NO14/c42-41(43,44)35-6-5-7-36(34-35)45-38-9-2-1-8-37(38)40(46)59-33-31-56-29-27-54-25-23-52-21-19-50-17-15-48-13-12-47-14-16-49-18-20-51-22-24-53-26-28-55-30-32-58-39-10-3-4-11-57-39/h1-2,5-9,34,39,45H,3-4,10-33H2. The number of carbonyl (C=O) groups excluding carboxylic acids is 1. The van der Waals surface area contributed by atoms with Crippen LogP contribution < -0.4 is 5.32 Å². The van der Waals surface area contributed by atoms with Gasteiger partial charge < -0.3 is 66.9 Å². The number of carbonyl (C=O) groups is 1. The Hall–Kier alpha value is -2.98. The molecule has 1 fully saturated rings. The molecule has 2 aromatic rings. The van der Waals surface area contributed by atoms with Crippen molar-refractivity contribution in [2.45, 2.75) is 31.7 Å². The van der Waals surface area contributed by atoms with Crippen molar-refractivity contribution in [3.05, 3.63) is 59.7 Å². The van der Waals surface area contributed by atoms with Crippen molar-refractivity contribution in [2.24, 2.45) is 0 Å². The Balaban J connectivity index is 0.971. The lowest BCUT2D eigenvalue weighted by Gasteiger charge is -2.22. The Morgan fingerprint density at radius 2 is 1.00 bits per heavy atom. The van der Waals surface area contributed by atoms with Crippen LogP contribution in [0.5, 0.6) is 0 Å². The highest BCUT2D eigenvalue weighted by Gasteiger charge is 2.30. The van der Waals surface area contributed by atoms with E-state index in [1.54, 1.807) is 18.2 Å². The zero-order valence-corrected chi connectivity index (χ0v) is 33.9. The lowest BCUT2D eigenvalue weighted by atomic mass is 10.1. The Kier molecular flexibility index (Phi) is 28.8. The highest BCUT2D eigenvalue weighted by atomic mass is 19.4. The largest absolute Gasteiger partial charge is 0.460 e. The summed E-state index contributed by atoms with van der Waals surface area (Å²) >= 11 is 0. The summed E-state index contributed by atoms with van der Waals surface area (Å²) in [4.78, 5) is 12.6. The van der Waals surface area contributed by atoms with Crippen molar-refractivity contribution < 1.29 is 79.5 Å². The van der Waals surface area contributed by atoms with Crippen molar-refractivity contribution in [3.8, 4) is 0 Å². The Morgan fingerprint density at radius 3 is 1.44 bits per heavy atom. The Labute approximate surface area is 345 Å². The normalized spacial score (nSPS) is 14.5. The highest BCUT2D eigenvalue weighted by molar-refractivity contribution is 5.96. The first kappa shape index (κ1) is 50.4. The fourth-order valence-corrected chi connectivity index (χ4v) is 5.13. The van der Waals surface area contributed by atoms with E-state index in [9.17, 15) is 18.0 Å². The van der Waals surface area contributed by atoms with Crippen molar-refractivity contribution >= 4 is 17.3 Å². The molecule has 0 saturated carbocycles. The summed E-state index contributed by atoms with van der Waals surface area (Å²) in [6, 6.07) is 11.1. The van der Waals surface area contributed by atoms with Crippen molar-refractivity contribution in [3.63, 3.8) is 0 Å². The fraction of sp³-hybridized carbons (Fsp3) is 0.683. The van der Waals surface area contributed by atoms with Crippen LogP contribution in [0.3, 0.4) is 0 Å². The molecule has 0 amide bonds. The lowest BCUT2D eigenvalue weighted by Crippen LogP contribution is -2.24. The number of ether oxygens (including phenoxy) is 13. The van der Waals surface area contributed by atoms with E-state index < -0.39 is 17.7 Å². The minimum absolute atomic E-state index is 0.00374. The van der Waals surface area contributed by atoms with Gasteiger partial charge in [-0.25, -0.2) is 4.79 Å². The maximum Gasteiger partial charge on any atom is 0.416 e. The van der Waals surface area contributed by atoms with Crippen LogP contribution in [0.1, 0.15) is 35.2 Å². The summed E-state index contributed by atoms with van der Waals surface area (Å²) in [7, 11) is 0. The minimum Gasteiger partial charge on any atom is -0.460 e. The average molecular weight is 850 g/mol. The molecule has 3 rings (SSSR count). The molecule has 0 bridgehead atoms. The molecule has 1 N–H and O–H groups in total. The smallest absolute Gasteiger partial charge is 0.416 e. The molecule has 1 aliphatic heterocycles. The van der Waals surface area contributed by atoms with Crippen LogP contribution in [0.15, 0.2) is 48.5 Å². The van der Waals surface area contributed by atoms with Gasteiger partial charge in [0.2, 0.25) is 0 Å². The number of esters is 1. The van der Waals surface area contributed by atoms with Gasteiger partial charge in [0.25, 0.3) is 0 Å². The Morgan fingerprint density at radius 1 is 0.559 bits per heavy atom. The molecule has 1 heterocycles. The summed E-state index contributed by atoms with van der Waals surface area (Å²) < 4.78 is 110. The molecule has 0 spiro atoms. The molecule has 15 nitrogen and oxygen atoms in total. The van der Waals surface area contributed by atoms with E-state index in [1.807, 2.05) is 0 Å². The van der Waals surface area contributed by atoms with Crippen molar-refractivity contribution in [1.29, 1.82) is 0 Å². The third kappa shape index (κ3) is 26.1. The summed E-state index contributed by atoms with van der Waals surface area (Å²) in [5.41, 5.74) is -0.0947. The van der Waals surface area contributed by atoms with Gasteiger partial charge in [0.1, 0.15) is 6.61 Å². The van der Waals surface area contributed by atoms with Gasteiger partial charge in [0, 0.05) is 12.3 Å². The van der Waals surface area contributed by atoms with Crippen LogP contribution in [0.2, 0.25) is 0 Å². The summed E-state index contributed by atoms with van der Waals surface area (Å²) in [5.74, 6) is -0.630. The molecule has 0 radical (unpaired) electrons. The number of alkyl halides is 3. The first-order chi connectivity index (χ1) is 28.9. The molecule has 1 unspecified atom stereocenters. The van der Waals surface area contributed by atoms with Crippen LogP contribution in [-0.2, 0) is 67.8 Å². The molecular formula is C41H62F3NO14. The fourth-order valence-electron chi connectivity index (χ4n) is 5.13. The zero-order chi connectivity index (χ0) is 41.9. The number of anilines is 2. The minimum atomic E-state index is -4.48. The molecule has 336 valence electrons. The van der Waals surface area contributed by atoms with Crippen LogP contribution in [-0.4, -0.2) is 164 Å². The van der Waals surface area contributed by atoms with Crippen molar-refractivity contribution in [2.75, 3.05) is 157 Å². The second-order valence-electron chi connectivity index (χ2n) is 12.7. The molecule has 1 aliphatic rings. The monoisotopic (exact) mass is 849 g/mol. The number of rotatable bonds is 37. The van der Waals surface area contributed by atoms with E-state index in [-0.39, 0.29) is 30.8 Å². The second-order valence-corrected chi connectivity index (χ2v) is 12.7. The van der Waals surface area contributed by atoms with Gasteiger partial charge in [-0.3, -0.25) is 0 Å². The van der Waals surface area contributed by atoms with Crippen LogP contribution >= 0.6 is 0 Å². The quantitative estimate of drug-likeness (QED) is 0.0691. The van der Waals surface area contributed by atoms with Gasteiger partial charge in [-0.2, -0.15) is 13.2 Å². The third-order valence-electron chi connectivity index (χ3n) is 8.09. The highest BCUT2D eigenvalue weighted by Crippen LogP contribution is 2.32. The zero-order valence-electron chi connectivity index (χ0n) is 33.9. The number of para-hydroxylation sites is 1. The maximum atomic E-state index is 13.1. The number of hydrogen-bond acceptors (Lipinski definition) is 15. The second kappa shape index (κ2) is 33.7. The molecule has 1 atom stereocenters. The SMILES string of the molecule is O=C(OCCOCCOCCOCCOCCOCCOCCOCCOCCOCCOCCOC1CCCCO1)c1ccccc1Nc1cccc(C(F)(F)F)c1. The number of hydrogen-bond donors (Lipinski definition) is 1. The average Bonchev–Trinajstić information content (AvgIpc) is 3.24. The predicted octanol–water partition coefficient (Wildman–Crippen LogP) is 5.32. The van der Waals surface area contributed by atoms with Gasteiger partial charge in [0.05, 0.1) is 156 Å². The maximum absolute atomic E-state index is 13.1.